The van der Waals surface area contributed by atoms with Gasteiger partial charge in [-0.1, -0.05) is 12.1 Å². The lowest BCUT2D eigenvalue weighted by atomic mass is 10.1. The van der Waals surface area contributed by atoms with Crippen LogP contribution in [0.4, 0.5) is 5.13 Å². The number of benzene rings is 1. The molecule has 4 nitrogen and oxygen atoms in total. The molecule has 0 saturated carbocycles. The van der Waals surface area contributed by atoms with Crippen LogP contribution in [-0.2, 0) is 0 Å². The van der Waals surface area contributed by atoms with E-state index >= 15 is 0 Å². The van der Waals surface area contributed by atoms with Crippen LogP contribution in [0.3, 0.4) is 0 Å². The normalized spacial score (nSPS) is 14.5. The fourth-order valence-electron chi connectivity index (χ4n) is 1.73. The van der Waals surface area contributed by atoms with Gasteiger partial charge >= 0.3 is 0 Å². The summed E-state index contributed by atoms with van der Waals surface area (Å²) in [5.41, 5.74) is 1.58. The van der Waals surface area contributed by atoms with E-state index in [0.717, 1.165) is 29.5 Å². The van der Waals surface area contributed by atoms with Crippen LogP contribution in [0.5, 0.6) is 5.75 Å². The van der Waals surface area contributed by atoms with Crippen LogP contribution in [-0.4, -0.2) is 29.5 Å². The summed E-state index contributed by atoms with van der Waals surface area (Å²) in [6.07, 6.45) is 1.81. The first-order valence-corrected chi connectivity index (χ1v) is 6.23. The molecule has 1 aromatic carbocycles. The summed E-state index contributed by atoms with van der Waals surface area (Å²) < 4.78 is 0. The number of thiazole rings is 1. The second kappa shape index (κ2) is 4.18. The third-order valence-corrected chi connectivity index (χ3v) is 3.49. The highest BCUT2D eigenvalue weighted by molar-refractivity contribution is 7.14. The number of phenolic OH excluding ortho intramolecular Hbond substituents is 1. The van der Waals surface area contributed by atoms with E-state index in [9.17, 15) is 5.11 Å². The molecule has 17 heavy (non-hydrogen) atoms. The number of phenols is 1. The van der Waals surface area contributed by atoms with Gasteiger partial charge in [0.05, 0.1) is 18.6 Å². The smallest absolute Gasteiger partial charge is 0.191 e. The number of aromatic nitrogens is 1. The van der Waals surface area contributed by atoms with Crippen LogP contribution >= 0.6 is 11.3 Å². The van der Waals surface area contributed by atoms with Crippen molar-refractivity contribution in [3.8, 4) is 17.0 Å². The van der Waals surface area contributed by atoms with Gasteiger partial charge in [0.2, 0.25) is 0 Å². The Balaban J connectivity index is 1.95. The largest absolute Gasteiger partial charge is 0.507 e. The Morgan fingerprint density at radius 2 is 2.18 bits per heavy atom. The summed E-state index contributed by atoms with van der Waals surface area (Å²) in [7, 11) is 0. The predicted octanol–water partition coefficient (Wildman–Crippen LogP) is 2.36. The zero-order valence-electron chi connectivity index (χ0n) is 9.08. The van der Waals surface area contributed by atoms with Gasteiger partial charge in [0.25, 0.3) is 0 Å². The average molecular weight is 245 g/mol. The summed E-state index contributed by atoms with van der Waals surface area (Å²) in [5.74, 6) is 0.263. The molecule has 0 saturated heterocycles. The molecule has 3 rings (SSSR count). The third-order valence-electron chi connectivity index (χ3n) is 2.61. The lowest BCUT2D eigenvalue weighted by Gasteiger charge is -2.08. The Bertz CT molecular complexity index is 564. The molecular weight excluding hydrogens is 234 g/mol. The van der Waals surface area contributed by atoms with Gasteiger partial charge in [0.15, 0.2) is 5.13 Å². The molecule has 2 aromatic rings. The second-order valence-corrected chi connectivity index (χ2v) is 4.58. The summed E-state index contributed by atoms with van der Waals surface area (Å²) in [6, 6.07) is 7.24. The van der Waals surface area contributed by atoms with E-state index in [1.165, 1.54) is 0 Å². The predicted molar refractivity (Wildman–Crippen MR) is 69.9 cm³/mol. The number of para-hydroxylation sites is 1. The summed E-state index contributed by atoms with van der Waals surface area (Å²) in [5, 5.41) is 12.6. The van der Waals surface area contributed by atoms with Gasteiger partial charge in [-0.05, 0) is 12.1 Å². The lowest BCUT2D eigenvalue weighted by molar-refractivity contribution is 0.477. The van der Waals surface area contributed by atoms with E-state index in [0.29, 0.717) is 0 Å². The van der Waals surface area contributed by atoms with Crippen molar-refractivity contribution in [1.82, 2.24) is 4.98 Å². The maximum atomic E-state index is 9.76. The summed E-state index contributed by atoms with van der Waals surface area (Å²) in [4.78, 5) is 10.7. The van der Waals surface area contributed by atoms with Crippen molar-refractivity contribution in [1.29, 1.82) is 0 Å². The minimum atomic E-state index is 0.263. The maximum absolute atomic E-state index is 9.76. The molecule has 0 aliphatic carbocycles. The van der Waals surface area contributed by atoms with Crippen molar-refractivity contribution in [3.63, 3.8) is 0 Å². The Morgan fingerprint density at radius 3 is 2.94 bits per heavy atom. The molecule has 0 fully saturated rings. The first kappa shape index (κ1) is 10.3. The van der Waals surface area contributed by atoms with Gasteiger partial charge in [-0.3, -0.25) is 4.99 Å². The van der Waals surface area contributed by atoms with E-state index in [1.54, 1.807) is 23.5 Å². The van der Waals surface area contributed by atoms with Crippen LogP contribution < -0.4 is 4.90 Å². The average Bonchev–Trinajstić information content (AvgIpc) is 3.00. The summed E-state index contributed by atoms with van der Waals surface area (Å²) >= 11 is 1.56. The maximum Gasteiger partial charge on any atom is 0.191 e. The first-order valence-electron chi connectivity index (χ1n) is 5.35. The van der Waals surface area contributed by atoms with Gasteiger partial charge in [0, 0.05) is 17.5 Å². The topological polar surface area (TPSA) is 48.7 Å². The van der Waals surface area contributed by atoms with E-state index in [-0.39, 0.29) is 5.75 Å². The highest BCUT2D eigenvalue weighted by atomic mass is 32.1. The Hall–Kier alpha value is -1.88. The molecule has 0 bridgehead atoms. The standard InChI is InChI=1S/C12H11N3OS/c16-11-4-2-1-3-9(11)10-7-17-12(14-10)15-6-5-13-8-15/h1-4,7-8,16H,5-6H2. The van der Waals surface area contributed by atoms with Crippen LogP contribution in [0.25, 0.3) is 11.3 Å². The molecule has 1 N–H and O–H groups in total. The minimum absolute atomic E-state index is 0.263. The number of anilines is 1. The van der Waals surface area contributed by atoms with Crippen LogP contribution in [0, 0.1) is 0 Å². The molecule has 0 radical (unpaired) electrons. The SMILES string of the molecule is Oc1ccccc1-c1csc(N2C=NCC2)n1. The zero-order chi connectivity index (χ0) is 11.7. The van der Waals surface area contributed by atoms with Gasteiger partial charge < -0.3 is 10.0 Å². The van der Waals surface area contributed by atoms with E-state index < -0.39 is 0 Å². The third kappa shape index (κ3) is 1.89. The van der Waals surface area contributed by atoms with Crippen molar-refractivity contribution in [2.75, 3.05) is 18.0 Å². The fourth-order valence-corrected chi connectivity index (χ4v) is 2.56. The van der Waals surface area contributed by atoms with Gasteiger partial charge in [-0.2, -0.15) is 0 Å². The number of hydrogen-bond acceptors (Lipinski definition) is 5. The van der Waals surface area contributed by atoms with Crippen LogP contribution in [0.15, 0.2) is 34.6 Å². The monoisotopic (exact) mass is 245 g/mol. The minimum Gasteiger partial charge on any atom is -0.507 e. The van der Waals surface area contributed by atoms with Crippen molar-refractivity contribution in [2.24, 2.45) is 4.99 Å². The molecule has 0 spiro atoms. The van der Waals surface area contributed by atoms with Gasteiger partial charge in [-0.25, -0.2) is 4.98 Å². The molecule has 86 valence electrons. The fraction of sp³-hybridized carbons (Fsp3) is 0.167. The van der Waals surface area contributed by atoms with Crippen LogP contribution in [0.2, 0.25) is 0 Å². The molecule has 5 heteroatoms. The number of aliphatic imine (C=N–C) groups is 1. The Labute approximate surface area is 103 Å². The summed E-state index contributed by atoms with van der Waals surface area (Å²) in [6.45, 7) is 1.71. The molecule has 1 aliphatic heterocycles. The van der Waals surface area contributed by atoms with Crippen molar-refractivity contribution in [2.45, 2.75) is 0 Å². The van der Waals surface area contributed by atoms with Crippen molar-refractivity contribution < 1.29 is 5.11 Å². The quantitative estimate of drug-likeness (QED) is 0.883. The first-order chi connectivity index (χ1) is 8.34. The van der Waals surface area contributed by atoms with Gasteiger partial charge in [-0.15, -0.1) is 11.3 Å². The number of aromatic hydroxyl groups is 1. The Morgan fingerprint density at radius 1 is 1.29 bits per heavy atom. The molecule has 1 aliphatic rings. The lowest BCUT2D eigenvalue weighted by Crippen LogP contribution is -2.17. The highest BCUT2D eigenvalue weighted by Gasteiger charge is 2.14. The number of rotatable bonds is 2. The number of hydrogen-bond donors (Lipinski definition) is 1. The zero-order valence-corrected chi connectivity index (χ0v) is 9.89. The molecular formula is C12H11N3OS. The Kier molecular flexibility index (Phi) is 2.53. The van der Waals surface area contributed by atoms with Crippen molar-refractivity contribution >= 4 is 22.8 Å². The molecule has 0 amide bonds. The van der Waals surface area contributed by atoms with Gasteiger partial charge in [0.1, 0.15) is 5.75 Å². The second-order valence-electron chi connectivity index (χ2n) is 3.75. The number of nitrogens with zero attached hydrogens (tertiary/aromatic N) is 3. The molecule has 0 atom stereocenters. The van der Waals surface area contributed by atoms with E-state index in [2.05, 4.69) is 9.98 Å². The highest BCUT2D eigenvalue weighted by Crippen LogP contribution is 2.32. The molecule has 1 aromatic heterocycles. The van der Waals surface area contributed by atoms with E-state index in [4.69, 9.17) is 0 Å². The molecule has 2 heterocycles. The van der Waals surface area contributed by atoms with E-state index in [1.807, 2.05) is 28.8 Å². The van der Waals surface area contributed by atoms with Crippen molar-refractivity contribution in [3.05, 3.63) is 29.6 Å². The van der Waals surface area contributed by atoms with Crippen LogP contribution in [0.1, 0.15) is 0 Å². The molecule has 0 unspecified atom stereocenters.